The number of fused-ring (bicyclic) bond motifs is 5. The average Bonchev–Trinajstić information content (AvgIpc) is 3.15. The quantitative estimate of drug-likeness (QED) is 0.429. The van der Waals surface area contributed by atoms with Gasteiger partial charge in [-0.15, -0.1) is 0 Å². The third kappa shape index (κ3) is 4.43. The van der Waals surface area contributed by atoms with Crippen LogP contribution in [0.15, 0.2) is 36.4 Å². The summed E-state index contributed by atoms with van der Waals surface area (Å²) in [6, 6.07) is 13.4. The summed E-state index contributed by atoms with van der Waals surface area (Å²) in [6.45, 7) is 8.21. The van der Waals surface area contributed by atoms with Crippen molar-refractivity contribution in [2.24, 2.45) is 17.3 Å². The van der Waals surface area contributed by atoms with Crippen molar-refractivity contribution in [1.82, 2.24) is 4.90 Å². The lowest BCUT2D eigenvalue weighted by Gasteiger charge is -2.56. The monoisotopic (exact) mass is 521 g/mol. The summed E-state index contributed by atoms with van der Waals surface area (Å²) in [5.41, 5.74) is 4.61. The molecule has 0 amide bonds. The van der Waals surface area contributed by atoms with Gasteiger partial charge < -0.3 is 15.1 Å². The van der Waals surface area contributed by atoms with E-state index in [1.165, 1.54) is 62.0 Å². The van der Waals surface area contributed by atoms with Crippen LogP contribution in [0.4, 0.5) is 0 Å². The second kappa shape index (κ2) is 9.88. The Bertz CT molecular complexity index is 1120. The maximum atomic E-state index is 11.6. The van der Waals surface area contributed by atoms with Gasteiger partial charge in [-0.2, -0.15) is 0 Å². The lowest BCUT2D eigenvalue weighted by atomic mass is 9.49. The maximum absolute atomic E-state index is 11.6. The molecule has 2 aromatic rings. The minimum atomic E-state index is -0.623. The van der Waals surface area contributed by atoms with Gasteiger partial charge in [-0.05, 0) is 142 Å². The average molecular weight is 522 g/mol. The summed E-state index contributed by atoms with van der Waals surface area (Å²) in [6.07, 6.45) is 11.5. The predicted octanol–water partition coefficient (Wildman–Crippen LogP) is 7.46. The molecule has 6 atom stereocenters. The van der Waals surface area contributed by atoms with E-state index in [1.54, 1.807) is 6.07 Å². The highest BCUT2D eigenvalue weighted by Crippen LogP contribution is 2.68. The zero-order valence-corrected chi connectivity index (χ0v) is 23.4. The molecule has 0 aromatic heterocycles. The largest absolute Gasteiger partial charge is 0.506 e. The smallest absolute Gasteiger partial charge is 0.134 e. The Kier molecular flexibility index (Phi) is 6.87. The number of rotatable bonds is 5. The van der Waals surface area contributed by atoms with Crippen LogP contribution in [0, 0.1) is 17.3 Å². The Morgan fingerprint density at radius 2 is 1.76 bits per heavy atom. The van der Waals surface area contributed by atoms with Gasteiger partial charge in [-0.25, -0.2) is 0 Å². The van der Waals surface area contributed by atoms with Crippen LogP contribution in [0.1, 0.15) is 99.3 Å². The Morgan fingerprint density at radius 1 is 1.00 bits per heavy atom. The van der Waals surface area contributed by atoms with Crippen LogP contribution in [0.3, 0.4) is 0 Å². The SMILES string of the molecule is C[C@]1(O)CC[C@H]2[C@@H]3CCc4c(ccc(O)c4Cl)[C@H]3[C@@H](c3ccc(CCCN4CCCCC4)cc3)C[C@@]21C. The molecule has 4 aliphatic rings. The van der Waals surface area contributed by atoms with Crippen molar-refractivity contribution >= 4 is 11.6 Å². The van der Waals surface area contributed by atoms with E-state index in [0.29, 0.717) is 28.7 Å². The Balaban J connectivity index is 1.28. The molecule has 37 heavy (non-hydrogen) atoms. The van der Waals surface area contributed by atoms with Gasteiger partial charge >= 0.3 is 0 Å². The van der Waals surface area contributed by atoms with E-state index in [0.717, 1.165) is 44.1 Å². The lowest BCUT2D eigenvalue weighted by molar-refractivity contribution is -0.0963. The van der Waals surface area contributed by atoms with E-state index in [-0.39, 0.29) is 11.2 Å². The van der Waals surface area contributed by atoms with Crippen LogP contribution in [-0.4, -0.2) is 40.3 Å². The molecule has 1 saturated heterocycles. The number of piperidine rings is 1. The third-order valence-corrected chi connectivity index (χ3v) is 11.6. The predicted molar refractivity (Wildman–Crippen MR) is 152 cm³/mol. The summed E-state index contributed by atoms with van der Waals surface area (Å²) in [7, 11) is 0. The van der Waals surface area contributed by atoms with Crippen molar-refractivity contribution in [3.63, 3.8) is 0 Å². The van der Waals surface area contributed by atoms with Crippen molar-refractivity contribution in [3.05, 3.63) is 63.7 Å². The van der Waals surface area contributed by atoms with Crippen molar-refractivity contribution in [2.75, 3.05) is 19.6 Å². The molecule has 0 unspecified atom stereocenters. The zero-order chi connectivity index (χ0) is 25.8. The molecular formula is C33H44ClNO2. The number of likely N-dealkylation sites (tertiary alicyclic amines) is 1. The van der Waals surface area contributed by atoms with Crippen LogP contribution in [-0.2, 0) is 12.8 Å². The molecule has 2 aromatic carbocycles. The molecule has 1 aliphatic heterocycles. The summed E-state index contributed by atoms with van der Waals surface area (Å²) in [4.78, 5) is 2.63. The van der Waals surface area contributed by atoms with Crippen molar-refractivity contribution < 1.29 is 10.2 Å². The number of hydrogen-bond acceptors (Lipinski definition) is 3. The second-order valence-electron chi connectivity index (χ2n) is 13.1. The molecule has 0 radical (unpaired) electrons. The van der Waals surface area contributed by atoms with Gasteiger partial charge in [0.1, 0.15) is 5.75 Å². The summed E-state index contributed by atoms with van der Waals surface area (Å²) >= 11 is 6.65. The summed E-state index contributed by atoms with van der Waals surface area (Å²) < 4.78 is 0. The van der Waals surface area contributed by atoms with E-state index in [9.17, 15) is 10.2 Å². The van der Waals surface area contributed by atoms with Crippen LogP contribution < -0.4 is 0 Å². The number of hydrogen-bond donors (Lipinski definition) is 2. The highest BCUT2D eigenvalue weighted by molar-refractivity contribution is 6.32. The number of benzene rings is 2. The zero-order valence-electron chi connectivity index (χ0n) is 22.7. The number of phenols is 1. The number of phenolic OH excluding ortho intramolecular Hbond substituents is 1. The molecule has 2 N–H and O–H groups in total. The van der Waals surface area contributed by atoms with Crippen LogP contribution in [0.2, 0.25) is 5.02 Å². The van der Waals surface area contributed by atoms with Crippen LogP contribution in [0.25, 0.3) is 0 Å². The molecule has 200 valence electrons. The highest BCUT2D eigenvalue weighted by Gasteiger charge is 2.62. The summed E-state index contributed by atoms with van der Waals surface area (Å²) in [5, 5.41) is 22.4. The van der Waals surface area contributed by atoms with Crippen LogP contribution >= 0.6 is 11.6 Å². The maximum Gasteiger partial charge on any atom is 0.134 e. The van der Waals surface area contributed by atoms with E-state index in [4.69, 9.17) is 11.6 Å². The first kappa shape index (κ1) is 25.7. The molecule has 1 heterocycles. The van der Waals surface area contributed by atoms with Gasteiger partial charge in [-0.1, -0.05) is 55.3 Å². The third-order valence-electron chi connectivity index (χ3n) is 11.2. The van der Waals surface area contributed by atoms with Gasteiger partial charge in [0.25, 0.3) is 0 Å². The summed E-state index contributed by atoms with van der Waals surface area (Å²) in [5.74, 6) is 2.00. The molecule has 6 rings (SSSR count). The van der Waals surface area contributed by atoms with Gasteiger partial charge in [-0.3, -0.25) is 0 Å². The van der Waals surface area contributed by atoms with Crippen molar-refractivity contribution in [3.8, 4) is 5.75 Å². The fraction of sp³-hybridized carbons (Fsp3) is 0.636. The van der Waals surface area contributed by atoms with Gasteiger partial charge in [0, 0.05) is 0 Å². The second-order valence-corrected chi connectivity index (χ2v) is 13.5. The van der Waals surface area contributed by atoms with E-state index in [1.807, 2.05) is 0 Å². The van der Waals surface area contributed by atoms with Crippen LogP contribution in [0.5, 0.6) is 5.75 Å². The standard InChI is InChI=1S/C33H44ClNO2/c1-32-21-27(23-10-8-22(9-11-23)7-6-20-35-18-4-3-5-19-35)30-24-14-15-29(36)31(34)25(24)12-13-26(30)28(32)16-17-33(32,2)37/h8-11,14-15,26-28,30,36-37H,3-7,12-13,16-21H2,1-2H3/t26-,27+,28-,30+,32-,33-/m0/s1. The Morgan fingerprint density at radius 3 is 2.51 bits per heavy atom. The molecule has 3 nitrogen and oxygen atoms in total. The Labute approximate surface area is 228 Å². The molecule has 2 saturated carbocycles. The van der Waals surface area contributed by atoms with E-state index < -0.39 is 5.60 Å². The molecule has 3 fully saturated rings. The first-order valence-electron chi connectivity index (χ1n) is 14.8. The van der Waals surface area contributed by atoms with E-state index >= 15 is 0 Å². The highest BCUT2D eigenvalue weighted by atomic mass is 35.5. The minimum Gasteiger partial charge on any atom is -0.506 e. The number of aryl methyl sites for hydroxylation is 1. The fourth-order valence-corrected chi connectivity index (χ4v) is 9.17. The first-order chi connectivity index (χ1) is 17.8. The molecular weight excluding hydrogens is 478 g/mol. The van der Waals surface area contributed by atoms with Crippen molar-refractivity contribution in [1.29, 1.82) is 0 Å². The van der Waals surface area contributed by atoms with Gasteiger partial charge in [0.2, 0.25) is 0 Å². The van der Waals surface area contributed by atoms with Crippen molar-refractivity contribution in [2.45, 2.75) is 95.5 Å². The number of aromatic hydroxyl groups is 1. The topological polar surface area (TPSA) is 43.7 Å². The first-order valence-corrected chi connectivity index (χ1v) is 15.2. The fourth-order valence-electron chi connectivity index (χ4n) is 8.91. The van der Waals surface area contributed by atoms with E-state index in [2.05, 4.69) is 49.1 Å². The number of nitrogens with zero attached hydrogens (tertiary/aromatic N) is 1. The molecule has 4 heteroatoms. The lowest BCUT2D eigenvalue weighted by Crippen LogP contribution is -2.51. The minimum absolute atomic E-state index is 0.0792. The molecule has 0 spiro atoms. The van der Waals surface area contributed by atoms with Gasteiger partial charge in [0.15, 0.2) is 0 Å². The normalized spacial score (nSPS) is 35.6. The van der Waals surface area contributed by atoms with Gasteiger partial charge in [0.05, 0.1) is 10.6 Å². The number of aliphatic hydroxyl groups is 1. The molecule has 3 aliphatic carbocycles. The Hall–Kier alpha value is -1.55. The number of halogens is 1. The molecule has 0 bridgehead atoms.